The third kappa shape index (κ3) is 5.15. The number of anilines is 1. The molecule has 0 radical (unpaired) electrons. The summed E-state index contributed by atoms with van der Waals surface area (Å²) in [6.07, 6.45) is -5.19. The second kappa shape index (κ2) is 7.21. The van der Waals surface area contributed by atoms with Crippen molar-refractivity contribution in [3.8, 4) is 0 Å². The smallest absolute Gasteiger partial charge is 0.351 e. The van der Waals surface area contributed by atoms with Gasteiger partial charge in [0.05, 0.1) is 14.4 Å². The van der Waals surface area contributed by atoms with Crippen LogP contribution in [0.5, 0.6) is 0 Å². The normalized spacial score (nSPS) is 29.5. The Kier molecular flexibility index (Phi) is 5.81. The number of hydrogen-bond donors (Lipinski definition) is 3. The molecule has 0 amide bonds. The molecular formula is C9H12N3O11P2-3. The van der Waals surface area contributed by atoms with E-state index in [9.17, 15) is 38.8 Å². The molecule has 0 aromatic carbocycles. The van der Waals surface area contributed by atoms with Crippen LogP contribution in [0, 0.1) is 0 Å². The third-order valence-electron chi connectivity index (χ3n) is 3.06. The number of phosphoric acid groups is 2. The van der Waals surface area contributed by atoms with E-state index >= 15 is 0 Å². The molecule has 5 unspecified atom stereocenters. The van der Waals surface area contributed by atoms with Gasteiger partial charge < -0.3 is 44.5 Å². The second-order valence-electron chi connectivity index (χ2n) is 4.86. The zero-order valence-electron chi connectivity index (χ0n) is 12.1. The number of nitrogens with zero attached hydrogens (tertiary/aromatic N) is 2. The van der Waals surface area contributed by atoms with Gasteiger partial charge in [-0.05, 0) is 6.07 Å². The van der Waals surface area contributed by atoms with Crippen molar-refractivity contribution in [2.45, 2.75) is 24.5 Å². The number of nitrogen functional groups attached to an aromatic ring is 1. The quantitative estimate of drug-likeness (QED) is 0.384. The number of aromatic nitrogens is 2. The second-order valence-corrected chi connectivity index (χ2v) is 7.56. The van der Waals surface area contributed by atoms with Gasteiger partial charge in [-0.1, -0.05) is 0 Å². The molecule has 1 fully saturated rings. The fraction of sp³-hybridized carbons (Fsp3) is 0.556. The fourth-order valence-electron chi connectivity index (χ4n) is 2.03. The summed E-state index contributed by atoms with van der Waals surface area (Å²) in [5.74, 6) is -0.0988. The Bertz CT molecular complexity index is 778. The minimum Gasteiger partial charge on any atom is -0.790 e. The monoisotopic (exact) mass is 400 g/mol. The van der Waals surface area contributed by atoms with Crippen LogP contribution in [-0.2, 0) is 22.7 Å². The molecule has 0 aliphatic carbocycles. The standard InChI is InChI=1S/C9H15N3O11P2/c10-5-1-2-12(9(15)11-5)8-7(14)6(13)4(22-8)3-21-25(19,20)23-24(16,17)18/h1-2,4,6-8,13-14H,3H2,(H,19,20)(H2,10,11,15)(H2,16,17,18)/p-3. The molecule has 1 saturated heterocycles. The van der Waals surface area contributed by atoms with E-state index in [1.54, 1.807) is 0 Å². The first kappa shape index (κ1) is 20.1. The summed E-state index contributed by atoms with van der Waals surface area (Å²) >= 11 is 0. The van der Waals surface area contributed by atoms with Gasteiger partial charge in [0.1, 0.15) is 24.1 Å². The molecule has 0 saturated carbocycles. The largest absolute Gasteiger partial charge is 0.790 e. The lowest BCUT2D eigenvalue weighted by atomic mass is 10.1. The van der Waals surface area contributed by atoms with Gasteiger partial charge in [0, 0.05) is 6.20 Å². The van der Waals surface area contributed by atoms with Crippen molar-refractivity contribution in [2.24, 2.45) is 0 Å². The molecule has 142 valence electrons. The highest BCUT2D eigenvalue weighted by Crippen LogP contribution is 2.50. The molecule has 1 aromatic heterocycles. The highest BCUT2D eigenvalue weighted by atomic mass is 31.3. The third-order valence-corrected chi connectivity index (χ3v) is 5.13. The van der Waals surface area contributed by atoms with Crippen LogP contribution in [0.25, 0.3) is 0 Å². The number of hydrogen-bond acceptors (Lipinski definition) is 13. The van der Waals surface area contributed by atoms with Crippen LogP contribution in [0.1, 0.15) is 6.23 Å². The average Bonchev–Trinajstić information content (AvgIpc) is 2.71. The Hall–Kier alpha value is -1.18. The van der Waals surface area contributed by atoms with Crippen LogP contribution in [0.15, 0.2) is 17.1 Å². The fourth-order valence-corrected chi connectivity index (χ4v) is 3.52. The maximum absolute atomic E-state index is 11.7. The molecule has 1 aliphatic rings. The summed E-state index contributed by atoms with van der Waals surface area (Å²) in [6, 6.07) is 1.22. The Morgan fingerprint density at radius 2 is 1.96 bits per heavy atom. The van der Waals surface area contributed by atoms with Crippen LogP contribution in [0.3, 0.4) is 0 Å². The Balaban J connectivity index is 2.08. The van der Waals surface area contributed by atoms with E-state index in [2.05, 4.69) is 13.8 Å². The number of ether oxygens (including phenoxy) is 1. The summed E-state index contributed by atoms with van der Waals surface area (Å²) in [4.78, 5) is 46.8. The van der Waals surface area contributed by atoms with E-state index in [1.165, 1.54) is 6.07 Å². The van der Waals surface area contributed by atoms with Crippen LogP contribution in [-0.4, -0.2) is 44.7 Å². The predicted octanol–water partition coefficient (Wildman–Crippen LogP) is -4.22. The van der Waals surface area contributed by atoms with Crippen molar-refractivity contribution in [2.75, 3.05) is 12.3 Å². The zero-order valence-corrected chi connectivity index (χ0v) is 13.9. The van der Waals surface area contributed by atoms with Crippen LogP contribution in [0.2, 0.25) is 0 Å². The molecule has 0 spiro atoms. The minimum absolute atomic E-state index is 0.0988. The lowest BCUT2D eigenvalue weighted by Crippen LogP contribution is -2.36. The lowest BCUT2D eigenvalue weighted by molar-refractivity contribution is -0.339. The minimum atomic E-state index is -5.87. The SMILES string of the molecule is Nc1ccn(C2OC(COP(=O)([O-])OP(=O)([O-])[O-])C(O)C2O)c(=O)n1. The molecule has 25 heavy (non-hydrogen) atoms. The molecule has 2 heterocycles. The first-order valence-corrected chi connectivity index (χ1v) is 9.37. The van der Waals surface area contributed by atoms with E-state index in [0.717, 1.165) is 10.8 Å². The van der Waals surface area contributed by atoms with E-state index in [1.807, 2.05) is 0 Å². The molecule has 2 rings (SSSR count). The van der Waals surface area contributed by atoms with Crippen LogP contribution < -0.4 is 26.1 Å². The van der Waals surface area contributed by atoms with Crippen molar-refractivity contribution in [3.63, 3.8) is 0 Å². The molecule has 1 aliphatic heterocycles. The van der Waals surface area contributed by atoms with Gasteiger partial charge in [-0.15, -0.1) is 0 Å². The Morgan fingerprint density at radius 3 is 2.52 bits per heavy atom. The van der Waals surface area contributed by atoms with Crippen molar-refractivity contribution in [1.29, 1.82) is 0 Å². The Labute approximate surface area is 139 Å². The lowest BCUT2D eigenvalue weighted by Gasteiger charge is -2.35. The number of nitrogens with two attached hydrogens (primary N) is 1. The van der Waals surface area contributed by atoms with Gasteiger partial charge >= 0.3 is 5.69 Å². The summed E-state index contributed by atoms with van der Waals surface area (Å²) in [5.41, 5.74) is 4.40. The highest BCUT2D eigenvalue weighted by Gasteiger charge is 2.44. The first-order valence-electron chi connectivity index (χ1n) is 6.45. The highest BCUT2D eigenvalue weighted by molar-refractivity contribution is 7.58. The number of phosphoric ester groups is 1. The number of rotatable bonds is 6. The predicted molar refractivity (Wildman–Crippen MR) is 71.1 cm³/mol. The molecule has 14 nitrogen and oxygen atoms in total. The number of aliphatic hydroxyl groups excluding tert-OH is 2. The van der Waals surface area contributed by atoms with Gasteiger partial charge in [-0.3, -0.25) is 13.4 Å². The van der Waals surface area contributed by atoms with Crippen molar-refractivity contribution >= 4 is 21.5 Å². The van der Waals surface area contributed by atoms with Gasteiger partial charge in [-0.25, -0.2) is 4.79 Å². The zero-order chi connectivity index (χ0) is 19.0. The van der Waals surface area contributed by atoms with Crippen molar-refractivity contribution in [3.05, 3.63) is 22.7 Å². The van der Waals surface area contributed by atoms with Gasteiger partial charge in [0.2, 0.25) is 0 Å². The maximum atomic E-state index is 11.7. The van der Waals surface area contributed by atoms with Crippen LogP contribution >= 0.6 is 15.6 Å². The molecule has 16 heteroatoms. The molecule has 5 atom stereocenters. The van der Waals surface area contributed by atoms with E-state index in [-0.39, 0.29) is 5.82 Å². The first-order chi connectivity index (χ1) is 11.4. The van der Waals surface area contributed by atoms with Gasteiger partial charge in [-0.2, -0.15) is 4.98 Å². The molecular weight excluding hydrogens is 388 g/mol. The summed E-state index contributed by atoms with van der Waals surface area (Å²) in [7, 11) is -11.4. The molecule has 1 aromatic rings. The molecule has 0 bridgehead atoms. The van der Waals surface area contributed by atoms with E-state index < -0.39 is 52.5 Å². The van der Waals surface area contributed by atoms with Crippen molar-refractivity contribution < 1.29 is 47.6 Å². The molecule has 4 N–H and O–H groups in total. The van der Waals surface area contributed by atoms with Crippen molar-refractivity contribution in [1.82, 2.24) is 9.55 Å². The van der Waals surface area contributed by atoms with E-state index in [4.69, 9.17) is 10.5 Å². The average molecular weight is 400 g/mol. The van der Waals surface area contributed by atoms with E-state index in [0.29, 0.717) is 0 Å². The van der Waals surface area contributed by atoms with Crippen LogP contribution in [0.4, 0.5) is 5.82 Å². The maximum Gasteiger partial charge on any atom is 0.351 e. The summed E-state index contributed by atoms with van der Waals surface area (Å²) in [5, 5.41) is 19.8. The number of aliphatic hydroxyl groups is 2. The summed E-state index contributed by atoms with van der Waals surface area (Å²) < 4.78 is 34.7. The van der Waals surface area contributed by atoms with Gasteiger partial charge in [0.15, 0.2) is 6.23 Å². The Morgan fingerprint density at radius 1 is 1.32 bits per heavy atom. The topological polar surface area (TPSA) is 232 Å². The van der Waals surface area contributed by atoms with Gasteiger partial charge in [0.25, 0.3) is 7.82 Å². The summed E-state index contributed by atoms with van der Waals surface area (Å²) in [6.45, 7) is -0.993.